The van der Waals surface area contributed by atoms with Gasteiger partial charge in [-0.05, 0) is 25.5 Å². The van der Waals surface area contributed by atoms with Crippen molar-refractivity contribution < 1.29 is 4.74 Å². The zero-order valence-electron chi connectivity index (χ0n) is 16.7. The van der Waals surface area contributed by atoms with Crippen molar-refractivity contribution in [3.8, 4) is 11.4 Å². The van der Waals surface area contributed by atoms with Gasteiger partial charge in [0, 0.05) is 44.3 Å². The van der Waals surface area contributed by atoms with Crippen LogP contribution in [0.1, 0.15) is 19.4 Å². The lowest BCUT2D eigenvalue weighted by molar-refractivity contribution is -0.00834. The van der Waals surface area contributed by atoms with E-state index in [0.717, 1.165) is 55.8 Å². The molecule has 3 N–H and O–H groups in total. The third-order valence-corrected chi connectivity index (χ3v) is 4.85. The molecule has 1 aliphatic rings. The van der Waals surface area contributed by atoms with E-state index in [-0.39, 0.29) is 29.5 Å². The number of aliphatic imine (C=N–C) groups is 1. The Kier molecular flexibility index (Phi) is 8.64. The van der Waals surface area contributed by atoms with Crippen molar-refractivity contribution in [3.05, 3.63) is 36.2 Å². The molecule has 2 aromatic rings. The average molecular weight is 499 g/mol. The van der Waals surface area contributed by atoms with E-state index in [9.17, 15) is 0 Å². The second kappa shape index (κ2) is 10.7. The molecule has 1 aromatic carbocycles. The first-order valence-electron chi connectivity index (χ1n) is 9.30. The van der Waals surface area contributed by atoms with E-state index in [0.29, 0.717) is 6.54 Å². The number of morpholine rings is 1. The van der Waals surface area contributed by atoms with E-state index in [1.807, 2.05) is 12.1 Å². The topological polar surface area (TPSA) is 90.5 Å². The summed E-state index contributed by atoms with van der Waals surface area (Å²) >= 11 is 0. The van der Waals surface area contributed by atoms with Gasteiger partial charge in [0.05, 0.1) is 13.2 Å². The van der Waals surface area contributed by atoms with E-state index in [2.05, 4.69) is 61.7 Å². The Morgan fingerprint density at radius 1 is 1.29 bits per heavy atom. The minimum Gasteiger partial charge on any atom is -0.379 e. The van der Waals surface area contributed by atoms with Gasteiger partial charge >= 0.3 is 0 Å². The fourth-order valence-corrected chi connectivity index (χ4v) is 3.16. The lowest BCUT2D eigenvalue weighted by atomic mass is 10.0. The van der Waals surface area contributed by atoms with Crippen molar-refractivity contribution in [3.63, 3.8) is 0 Å². The Morgan fingerprint density at radius 2 is 2.07 bits per heavy atom. The Hall–Kier alpha value is -1.72. The molecule has 1 aliphatic heterocycles. The normalized spacial score (nSPS) is 15.8. The van der Waals surface area contributed by atoms with Crippen LogP contribution in [0.2, 0.25) is 0 Å². The van der Waals surface area contributed by atoms with Gasteiger partial charge < -0.3 is 15.4 Å². The molecular formula is C19H30IN7O. The highest BCUT2D eigenvalue weighted by Gasteiger charge is 2.28. The van der Waals surface area contributed by atoms with Gasteiger partial charge in [-0.15, -0.1) is 24.0 Å². The van der Waals surface area contributed by atoms with Crippen LogP contribution in [-0.4, -0.2) is 71.5 Å². The number of nitrogens with zero attached hydrogens (tertiary/aromatic N) is 4. The predicted molar refractivity (Wildman–Crippen MR) is 122 cm³/mol. The Balaban J connectivity index is 0.00000280. The summed E-state index contributed by atoms with van der Waals surface area (Å²) in [6.45, 7) is 9.53. The maximum absolute atomic E-state index is 5.46. The van der Waals surface area contributed by atoms with E-state index < -0.39 is 0 Å². The molecule has 1 saturated heterocycles. The first-order valence-corrected chi connectivity index (χ1v) is 9.30. The van der Waals surface area contributed by atoms with E-state index in [1.165, 1.54) is 6.33 Å². The van der Waals surface area contributed by atoms with Crippen LogP contribution in [0.15, 0.2) is 35.6 Å². The number of hydrogen-bond donors (Lipinski definition) is 3. The molecule has 1 fully saturated rings. The van der Waals surface area contributed by atoms with Crippen molar-refractivity contribution in [2.75, 3.05) is 39.9 Å². The highest BCUT2D eigenvalue weighted by atomic mass is 127. The highest BCUT2D eigenvalue weighted by molar-refractivity contribution is 14.0. The van der Waals surface area contributed by atoms with Crippen LogP contribution in [0.4, 0.5) is 0 Å². The van der Waals surface area contributed by atoms with E-state index >= 15 is 0 Å². The molecule has 9 heteroatoms. The van der Waals surface area contributed by atoms with Gasteiger partial charge in [0.2, 0.25) is 0 Å². The molecule has 0 spiro atoms. The number of H-pyrrole nitrogens is 1. The number of benzene rings is 1. The molecule has 0 aliphatic carbocycles. The van der Waals surface area contributed by atoms with Gasteiger partial charge in [-0.2, -0.15) is 5.10 Å². The number of nitrogens with one attached hydrogen (secondary N) is 3. The summed E-state index contributed by atoms with van der Waals surface area (Å²) in [6.07, 6.45) is 1.52. The van der Waals surface area contributed by atoms with Gasteiger partial charge in [0.1, 0.15) is 6.33 Å². The zero-order chi connectivity index (χ0) is 19.1. The molecule has 28 heavy (non-hydrogen) atoms. The van der Waals surface area contributed by atoms with Crippen molar-refractivity contribution in [1.82, 2.24) is 30.7 Å². The number of guanidine groups is 1. The Morgan fingerprint density at radius 3 is 2.75 bits per heavy atom. The van der Waals surface area contributed by atoms with Crippen LogP contribution in [0.5, 0.6) is 0 Å². The highest BCUT2D eigenvalue weighted by Crippen LogP contribution is 2.16. The minimum atomic E-state index is 0. The Bertz CT molecular complexity index is 743. The minimum absolute atomic E-state index is 0. The number of aromatic amines is 1. The van der Waals surface area contributed by atoms with Gasteiger partial charge in [-0.1, -0.05) is 18.2 Å². The van der Waals surface area contributed by atoms with Crippen molar-refractivity contribution in [2.45, 2.75) is 25.9 Å². The lowest BCUT2D eigenvalue weighted by Gasteiger charge is -2.41. The standard InChI is InChI=1S/C19H29N7O.HI/c1-19(2,26-7-9-27-10-8-26)13-22-18(20-3)21-12-15-5-4-6-16(11-15)17-23-14-24-25-17;/h4-6,11,14H,7-10,12-13H2,1-3H3,(H2,20,21,22)(H,23,24,25);1H. The predicted octanol–water partition coefficient (Wildman–Crippen LogP) is 1.87. The summed E-state index contributed by atoms with van der Waals surface area (Å²) in [4.78, 5) is 11.0. The Labute approximate surface area is 183 Å². The second-order valence-corrected chi connectivity index (χ2v) is 7.23. The van der Waals surface area contributed by atoms with Crippen LogP contribution >= 0.6 is 24.0 Å². The summed E-state index contributed by atoms with van der Waals surface area (Å²) in [7, 11) is 1.79. The third-order valence-electron chi connectivity index (χ3n) is 4.85. The molecule has 1 aromatic heterocycles. The lowest BCUT2D eigenvalue weighted by Crippen LogP contribution is -2.56. The summed E-state index contributed by atoms with van der Waals surface area (Å²) in [5.74, 6) is 1.56. The molecule has 0 amide bonds. The summed E-state index contributed by atoms with van der Waals surface area (Å²) < 4.78 is 5.46. The zero-order valence-corrected chi connectivity index (χ0v) is 19.1. The van der Waals surface area contributed by atoms with Gasteiger partial charge in [-0.3, -0.25) is 15.0 Å². The van der Waals surface area contributed by atoms with Gasteiger partial charge in [0.15, 0.2) is 11.8 Å². The molecule has 0 saturated carbocycles. The number of aromatic nitrogens is 3. The smallest absolute Gasteiger partial charge is 0.191 e. The molecule has 2 heterocycles. The van der Waals surface area contributed by atoms with Crippen molar-refractivity contribution >= 4 is 29.9 Å². The van der Waals surface area contributed by atoms with Crippen LogP contribution < -0.4 is 10.6 Å². The molecule has 0 unspecified atom stereocenters. The summed E-state index contributed by atoms with van der Waals surface area (Å²) in [5.41, 5.74) is 2.20. The van der Waals surface area contributed by atoms with Gasteiger partial charge in [-0.25, -0.2) is 4.98 Å². The molecule has 0 bridgehead atoms. The molecule has 3 rings (SSSR count). The van der Waals surface area contributed by atoms with Gasteiger partial charge in [0.25, 0.3) is 0 Å². The number of halogens is 1. The number of rotatable bonds is 6. The maximum atomic E-state index is 5.46. The summed E-state index contributed by atoms with van der Waals surface area (Å²) in [5, 5.41) is 13.6. The largest absolute Gasteiger partial charge is 0.379 e. The number of ether oxygens (including phenoxy) is 1. The molecule has 0 radical (unpaired) electrons. The molecule has 154 valence electrons. The quantitative estimate of drug-likeness (QED) is 0.320. The first-order chi connectivity index (χ1) is 13.1. The molecule has 8 nitrogen and oxygen atoms in total. The van der Waals surface area contributed by atoms with E-state index in [4.69, 9.17) is 4.74 Å². The first kappa shape index (κ1) is 22.6. The molecule has 0 atom stereocenters. The van der Waals surface area contributed by atoms with Crippen LogP contribution in [0, 0.1) is 0 Å². The summed E-state index contributed by atoms with van der Waals surface area (Å²) in [6, 6.07) is 8.21. The van der Waals surface area contributed by atoms with Crippen LogP contribution in [0.3, 0.4) is 0 Å². The monoisotopic (exact) mass is 499 g/mol. The van der Waals surface area contributed by atoms with E-state index in [1.54, 1.807) is 7.05 Å². The SMILES string of the molecule is CN=C(NCc1cccc(-c2ncn[nH]2)c1)NCC(C)(C)N1CCOCC1.I. The average Bonchev–Trinajstić information content (AvgIpc) is 3.24. The van der Waals surface area contributed by atoms with Crippen LogP contribution in [-0.2, 0) is 11.3 Å². The maximum Gasteiger partial charge on any atom is 0.191 e. The fraction of sp³-hybridized carbons (Fsp3) is 0.526. The van der Waals surface area contributed by atoms with Crippen molar-refractivity contribution in [2.24, 2.45) is 4.99 Å². The van der Waals surface area contributed by atoms with Crippen LogP contribution in [0.25, 0.3) is 11.4 Å². The number of hydrogen-bond acceptors (Lipinski definition) is 5. The fourth-order valence-electron chi connectivity index (χ4n) is 3.16. The molecular weight excluding hydrogens is 469 g/mol. The van der Waals surface area contributed by atoms with Crippen molar-refractivity contribution in [1.29, 1.82) is 0 Å². The second-order valence-electron chi connectivity index (χ2n) is 7.23. The third kappa shape index (κ3) is 6.14.